The molecule has 1 atom stereocenters. The predicted molar refractivity (Wildman–Crippen MR) is 50.7 cm³/mol. The van der Waals surface area contributed by atoms with Gasteiger partial charge in [-0.05, 0) is 0 Å². The van der Waals surface area contributed by atoms with Crippen LogP contribution >= 0.6 is 0 Å². The molecule has 2 aromatic heterocycles. The zero-order valence-electron chi connectivity index (χ0n) is 8.15. The molecule has 16 heavy (non-hydrogen) atoms. The Balaban J connectivity index is 2.28. The van der Waals surface area contributed by atoms with Crippen molar-refractivity contribution in [2.45, 2.75) is 18.6 Å². The Kier molecular flexibility index (Phi) is 2.55. The van der Waals surface area contributed by atoms with Gasteiger partial charge in [0.1, 0.15) is 6.04 Å². The number of imidazole rings is 1. The van der Waals surface area contributed by atoms with E-state index in [1.807, 2.05) is 0 Å². The summed E-state index contributed by atoms with van der Waals surface area (Å²) in [4.78, 5) is 7.75. The van der Waals surface area contributed by atoms with Crippen LogP contribution in [0.1, 0.15) is 5.69 Å². The second-order valence-electron chi connectivity index (χ2n) is 3.41. The highest BCUT2D eigenvalue weighted by Gasteiger charge is 2.37. The van der Waals surface area contributed by atoms with Gasteiger partial charge >= 0.3 is 6.18 Å². The monoisotopic (exact) mass is 230 g/mol. The van der Waals surface area contributed by atoms with E-state index in [0.717, 1.165) is 0 Å². The smallest absolute Gasteiger partial charge is 0.320 e. The first-order valence-corrected chi connectivity index (χ1v) is 4.57. The molecule has 86 valence electrons. The van der Waals surface area contributed by atoms with Crippen LogP contribution in [0.25, 0.3) is 5.65 Å². The zero-order valence-corrected chi connectivity index (χ0v) is 8.15. The van der Waals surface area contributed by atoms with E-state index in [9.17, 15) is 13.2 Å². The Bertz CT molecular complexity index is 491. The van der Waals surface area contributed by atoms with E-state index in [1.165, 1.54) is 18.6 Å². The average Bonchev–Trinajstić information content (AvgIpc) is 2.61. The molecule has 1 unspecified atom stereocenters. The molecule has 2 N–H and O–H groups in total. The van der Waals surface area contributed by atoms with E-state index in [2.05, 4.69) is 9.97 Å². The second-order valence-corrected chi connectivity index (χ2v) is 3.41. The van der Waals surface area contributed by atoms with Crippen molar-refractivity contribution in [1.82, 2.24) is 14.4 Å². The fourth-order valence-electron chi connectivity index (χ4n) is 1.39. The standard InChI is InChI=1S/C9H9F3N4/c10-9(11,12)7(13)3-6-4-15-8-5-14-1-2-16(6)8/h1-2,4-5,7H,3,13H2. The zero-order chi connectivity index (χ0) is 11.8. The van der Waals surface area contributed by atoms with E-state index in [0.29, 0.717) is 11.3 Å². The number of hydrogen-bond donors (Lipinski definition) is 1. The van der Waals surface area contributed by atoms with Gasteiger partial charge in [0.2, 0.25) is 0 Å². The number of rotatable bonds is 2. The lowest BCUT2D eigenvalue weighted by Crippen LogP contribution is -2.39. The van der Waals surface area contributed by atoms with Crippen LogP contribution in [0.5, 0.6) is 0 Å². The number of alkyl halides is 3. The lowest BCUT2D eigenvalue weighted by atomic mass is 10.2. The summed E-state index contributed by atoms with van der Waals surface area (Å²) in [6.45, 7) is 0. The van der Waals surface area contributed by atoms with E-state index in [-0.39, 0.29) is 6.42 Å². The number of nitrogens with two attached hydrogens (primary N) is 1. The van der Waals surface area contributed by atoms with Gasteiger partial charge in [-0.25, -0.2) is 4.98 Å². The molecule has 0 aliphatic heterocycles. The summed E-state index contributed by atoms with van der Waals surface area (Å²) in [6, 6.07) is -1.87. The number of fused-ring (bicyclic) bond motifs is 1. The van der Waals surface area contributed by atoms with Gasteiger partial charge < -0.3 is 10.1 Å². The molecular formula is C9H9F3N4. The molecule has 0 aliphatic carbocycles. The molecule has 0 spiro atoms. The second kappa shape index (κ2) is 3.75. The van der Waals surface area contributed by atoms with Crippen LogP contribution < -0.4 is 5.73 Å². The van der Waals surface area contributed by atoms with Gasteiger partial charge in [-0.15, -0.1) is 0 Å². The number of hydrogen-bond acceptors (Lipinski definition) is 3. The minimum atomic E-state index is -4.39. The Morgan fingerprint density at radius 3 is 2.81 bits per heavy atom. The van der Waals surface area contributed by atoms with Crippen molar-refractivity contribution in [3.05, 3.63) is 30.5 Å². The third-order valence-electron chi connectivity index (χ3n) is 2.24. The summed E-state index contributed by atoms with van der Waals surface area (Å²) in [5, 5.41) is 0. The number of halogens is 3. The largest absolute Gasteiger partial charge is 0.404 e. The third kappa shape index (κ3) is 1.99. The van der Waals surface area contributed by atoms with E-state index < -0.39 is 12.2 Å². The van der Waals surface area contributed by atoms with Gasteiger partial charge in [-0.2, -0.15) is 13.2 Å². The van der Waals surface area contributed by atoms with Gasteiger partial charge in [0.15, 0.2) is 5.65 Å². The molecular weight excluding hydrogens is 221 g/mol. The normalized spacial score (nSPS) is 14.2. The lowest BCUT2D eigenvalue weighted by molar-refractivity contribution is -0.147. The first kappa shape index (κ1) is 10.9. The van der Waals surface area contributed by atoms with Crippen molar-refractivity contribution in [1.29, 1.82) is 0 Å². The molecule has 2 rings (SSSR count). The third-order valence-corrected chi connectivity index (χ3v) is 2.24. The minimum Gasteiger partial charge on any atom is -0.320 e. The van der Waals surface area contributed by atoms with E-state index in [1.54, 1.807) is 10.6 Å². The summed E-state index contributed by atoms with van der Waals surface area (Å²) in [5.41, 5.74) is 5.98. The first-order chi connectivity index (χ1) is 7.48. The maximum Gasteiger partial charge on any atom is 0.404 e. The summed E-state index contributed by atoms with van der Waals surface area (Å²) >= 11 is 0. The van der Waals surface area contributed by atoms with Crippen LogP contribution in [0.15, 0.2) is 24.8 Å². The van der Waals surface area contributed by atoms with Crippen LogP contribution in [0.4, 0.5) is 13.2 Å². The molecule has 0 saturated heterocycles. The Morgan fingerprint density at radius 2 is 2.12 bits per heavy atom. The molecule has 2 heterocycles. The molecule has 0 saturated carbocycles. The fraction of sp³-hybridized carbons (Fsp3) is 0.333. The number of nitrogens with zero attached hydrogens (tertiary/aromatic N) is 3. The summed E-state index contributed by atoms with van der Waals surface area (Å²) in [6.07, 6.45) is 1.20. The van der Waals surface area contributed by atoms with Gasteiger partial charge in [-0.3, -0.25) is 4.98 Å². The molecule has 0 fully saturated rings. The molecule has 0 aliphatic rings. The Labute approximate surface area is 88.9 Å². The van der Waals surface area contributed by atoms with Crippen molar-refractivity contribution >= 4 is 5.65 Å². The highest BCUT2D eigenvalue weighted by Crippen LogP contribution is 2.21. The van der Waals surface area contributed by atoms with Crippen LogP contribution in [0.3, 0.4) is 0 Å². The van der Waals surface area contributed by atoms with Crippen LogP contribution in [0.2, 0.25) is 0 Å². The Hall–Kier alpha value is -1.63. The van der Waals surface area contributed by atoms with Crippen LogP contribution in [-0.2, 0) is 6.42 Å². The maximum atomic E-state index is 12.3. The lowest BCUT2D eigenvalue weighted by Gasteiger charge is -2.14. The highest BCUT2D eigenvalue weighted by atomic mass is 19.4. The van der Waals surface area contributed by atoms with Crippen molar-refractivity contribution in [2.24, 2.45) is 5.73 Å². The summed E-state index contributed by atoms with van der Waals surface area (Å²) < 4.78 is 38.4. The quantitative estimate of drug-likeness (QED) is 0.842. The highest BCUT2D eigenvalue weighted by molar-refractivity contribution is 5.37. The van der Waals surface area contributed by atoms with Gasteiger partial charge in [0, 0.05) is 30.7 Å². The number of aromatic nitrogens is 3. The van der Waals surface area contributed by atoms with Crippen molar-refractivity contribution in [3.63, 3.8) is 0 Å². The molecule has 0 aromatic carbocycles. The molecule has 0 radical (unpaired) electrons. The molecule has 2 aromatic rings. The van der Waals surface area contributed by atoms with Gasteiger partial charge in [0.05, 0.1) is 6.20 Å². The molecule has 0 bridgehead atoms. The molecule has 4 nitrogen and oxygen atoms in total. The summed E-state index contributed by atoms with van der Waals surface area (Å²) in [5.74, 6) is 0. The van der Waals surface area contributed by atoms with Crippen LogP contribution in [0, 0.1) is 0 Å². The molecule has 7 heteroatoms. The van der Waals surface area contributed by atoms with E-state index >= 15 is 0 Å². The maximum absolute atomic E-state index is 12.3. The topological polar surface area (TPSA) is 56.2 Å². The van der Waals surface area contributed by atoms with Gasteiger partial charge in [-0.1, -0.05) is 0 Å². The Morgan fingerprint density at radius 1 is 1.38 bits per heavy atom. The summed E-state index contributed by atoms with van der Waals surface area (Å²) in [7, 11) is 0. The first-order valence-electron chi connectivity index (χ1n) is 4.57. The van der Waals surface area contributed by atoms with Crippen molar-refractivity contribution < 1.29 is 13.2 Å². The molecule has 0 amide bonds. The average molecular weight is 230 g/mol. The van der Waals surface area contributed by atoms with Crippen molar-refractivity contribution in [2.75, 3.05) is 0 Å². The van der Waals surface area contributed by atoms with Crippen molar-refractivity contribution in [3.8, 4) is 0 Å². The predicted octanol–water partition coefficient (Wildman–Crippen LogP) is 1.16. The van der Waals surface area contributed by atoms with E-state index in [4.69, 9.17) is 5.73 Å². The SMILES string of the molecule is NC(Cc1cnc2cnccn12)C(F)(F)F. The van der Waals surface area contributed by atoms with Gasteiger partial charge in [0.25, 0.3) is 0 Å². The minimum absolute atomic E-state index is 0.297. The fourth-order valence-corrected chi connectivity index (χ4v) is 1.39. The van der Waals surface area contributed by atoms with Crippen LogP contribution in [-0.4, -0.2) is 26.6 Å².